The molecule has 0 spiro atoms. The van der Waals surface area contributed by atoms with Crippen molar-refractivity contribution < 1.29 is 9.59 Å². The molecule has 1 heterocycles. The van der Waals surface area contributed by atoms with Crippen molar-refractivity contribution >= 4 is 25.2 Å². The molecular formula is C16H19BN4O2. The first-order valence-electron chi connectivity index (χ1n) is 7.54. The van der Waals surface area contributed by atoms with Gasteiger partial charge in [-0.2, -0.15) is 5.26 Å². The van der Waals surface area contributed by atoms with Gasteiger partial charge in [0.2, 0.25) is 13.8 Å². The first-order valence-corrected chi connectivity index (χ1v) is 7.54. The molecule has 2 amide bonds. The zero-order chi connectivity index (χ0) is 16.8. The third-order valence-electron chi connectivity index (χ3n) is 3.94. The molecule has 1 aromatic rings. The highest BCUT2D eigenvalue weighted by Gasteiger charge is 2.18. The number of rotatable bonds is 1. The van der Waals surface area contributed by atoms with Gasteiger partial charge in [-0.15, -0.1) is 0 Å². The highest BCUT2D eigenvalue weighted by molar-refractivity contribution is 6.56. The Hall–Kier alpha value is -2.49. The summed E-state index contributed by atoms with van der Waals surface area (Å²) in [5, 5.41) is 8.89. The van der Waals surface area contributed by atoms with Gasteiger partial charge in [-0.25, -0.2) is 0 Å². The summed E-state index contributed by atoms with van der Waals surface area (Å²) in [6.45, 7) is 1.97. The molecule has 1 aliphatic rings. The molecule has 1 aromatic carbocycles. The van der Waals surface area contributed by atoms with Crippen LogP contribution in [0.4, 0.5) is 10.5 Å². The number of anilines is 1. The minimum absolute atomic E-state index is 0.0370. The lowest BCUT2D eigenvalue weighted by Gasteiger charge is -2.34. The van der Waals surface area contributed by atoms with Crippen molar-refractivity contribution in [3.05, 3.63) is 29.8 Å². The summed E-state index contributed by atoms with van der Waals surface area (Å²) in [7, 11) is 7.17. The zero-order valence-electron chi connectivity index (χ0n) is 13.2. The average molecular weight is 310 g/mol. The number of benzene rings is 1. The Morgan fingerprint density at radius 2 is 1.91 bits per heavy atom. The summed E-state index contributed by atoms with van der Waals surface area (Å²) < 4.78 is 0. The first-order chi connectivity index (χ1) is 11.0. The van der Waals surface area contributed by atoms with Crippen LogP contribution in [0, 0.1) is 11.3 Å². The molecule has 0 aromatic heterocycles. The number of nitrogens with zero attached hydrogens (tertiary/aromatic N) is 4. The van der Waals surface area contributed by atoms with Gasteiger partial charge < -0.3 is 14.7 Å². The molecule has 0 unspecified atom stereocenters. The van der Waals surface area contributed by atoms with E-state index in [2.05, 4.69) is 6.07 Å². The van der Waals surface area contributed by atoms with E-state index in [0.717, 1.165) is 5.69 Å². The van der Waals surface area contributed by atoms with Crippen molar-refractivity contribution in [2.24, 2.45) is 0 Å². The number of carbonyl (C=O) groups excluding carboxylic acids is 2. The summed E-state index contributed by atoms with van der Waals surface area (Å²) in [6, 6.07) is 9.25. The summed E-state index contributed by atoms with van der Waals surface area (Å²) in [5.41, 5.74) is 1.48. The van der Waals surface area contributed by atoms with Gasteiger partial charge in [0.15, 0.2) is 5.81 Å². The van der Waals surface area contributed by atoms with Crippen molar-refractivity contribution in [1.29, 1.82) is 5.26 Å². The molecule has 0 saturated carbocycles. The van der Waals surface area contributed by atoms with Crippen LogP contribution < -0.4 is 4.90 Å². The van der Waals surface area contributed by atoms with Crippen LogP contribution in [0.1, 0.15) is 18.4 Å². The van der Waals surface area contributed by atoms with Crippen LogP contribution in [-0.4, -0.2) is 62.7 Å². The van der Waals surface area contributed by atoms with Gasteiger partial charge in [0.05, 0.1) is 18.3 Å². The van der Waals surface area contributed by atoms with Crippen LogP contribution >= 0.6 is 0 Å². The summed E-state index contributed by atoms with van der Waals surface area (Å²) in [4.78, 5) is 28.8. The van der Waals surface area contributed by atoms with Crippen molar-refractivity contribution in [3.8, 4) is 6.07 Å². The highest BCUT2D eigenvalue weighted by Crippen LogP contribution is 2.17. The molecule has 118 valence electrons. The van der Waals surface area contributed by atoms with Crippen LogP contribution in [0.15, 0.2) is 24.3 Å². The third kappa shape index (κ3) is 4.49. The second-order valence-electron chi connectivity index (χ2n) is 5.58. The van der Waals surface area contributed by atoms with E-state index in [1.165, 1.54) is 0 Å². The average Bonchev–Trinajstić information content (AvgIpc) is 2.55. The minimum atomic E-state index is -0.467. The van der Waals surface area contributed by atoms with Crippen molar-refractivity contribution in [1.82, 2.24) is 9.80 Å². The van der Waals surface area contributed by atoms with E-state index in [9.17, 15) is 9.59 Å². The smallest absolute Gasteiger partial charge is 0.223 e. The molecular weight excluding hydrogens is 291 g/mol. The largest absolute Gasteiger partial charge is 0.352 e. The van der Waals surface area contributed by atoms with E-state index >= 15 is 0 Å². The maximum Gasteiger partial charge on any atom is 0.223 e. The predicted molar refractivity (Wildman–Crippen MR) is 88.1 cm³/mol. The standard InChI is InChI=1S/C16H19BN4O2/c1-19-12-21(14-6-4-13(11-18)5-7-14)10-9-20(16(17)23)8-2-3-15(19)22/h4-7H,2-3,8-10,12H2,1H3. The SMILES string of the molecule is [B]C(=O)N1CCCC(=O)N(C)CN(c2ccc(C#N)cc2)CC1. The molecule has 1 saturated heterocycles. The van der Waals surface area contributed by atoms with Gasteiger partial charge in [0, 0.05) is 38.8 Å². The molecule has 0 N–H and O–H groups in total. The fraction of sp³-hybridized carbons (Fsp3) is 0.438. The lowest BCUT2D eigenvalue weighted by Crippen LogP contribution is -2.45. The van der Waals surface area contributed by atoms with E-state index in [0.29, 0.717) is 44.7 Å². The van der Waals surface area contributed by atoms with Crippen LogP contribution in [-0.2, 0) is 4.79 Å². The molecule has 2 radical (unpaired) electrons. The van der Waals surface area contributed by atoms with Crippen LogP contribution in [0.3, 0.4) is 0 Å². The summed E-state index contributed by atoms with van der Waals surface area (Å²) in [6.07, 6.45) is 1.00. The normalized spacial score (nSPS) is 16.9. The van der Waals surface area contributed by atoms with Gasteiger partial charge in [0.1, 0.15) is 0 Å². The molecule has 7 heteroatoms. The van der Waals surface area contributed by atoms with Gasteiger partial charge >= 0.3 is 0 Å². The van der Waals surface area contributed by atoms with Gasteiger partial charge in [-0.3, -0.25) is 9.59 Å². The fourth-order valence-corrected chi connectivity index (χ4v) is 2.55. The second-order valence-corrected chi connectivity index (χ2v) is 5.58. The predicted octanol–water partition coefficient (Wildman–Crippen LogP) is 1.16. The lowest BCUT2D eigenvalue weighted by atomic mass is 10.1. The van der Waals surface area contributed by atoms with Crippen LogP contribution in [0.25, 0.3) is 0 Å². The fourth-order valence-electron chi connectivity index (χ4n) is 2.55. The number of carbonyl (C=O) groups is 2. The number of nitriles is 1. The molecule has 1 aliphatic heterocycles. The lowest BCUT2D eigenvalue weighted by molar-refractivity contribution is -0.130. The monoisotopic (exact) mass is 310 g/mol. The van der Waals surface area contributed by atoms with E-state index in [-0.39, 0.29) is 5.91 Å². The summed E-state index contributed by atoms with van der Waals surface area (Å²) >= 11 is 0. The van der Waals surface area contributed by atoms with Crippen LogP contribution in [0.2, 0.25) is 0 Å². The Labute approximate surface area is 137 Å². The van der Waals surface area contributed by atoms with E-state index in [1.807, 2.05) is 17.0 Å². The number of hydrogen-bond acceptors (Lipinski definition) is 4. The Morgan fingerprint density at radius 1 is 1.22 bits per heavy atom. The Morgan fingerprint density at radius 3 is 2.52 bits per heavy atom. The minimum Gasteiger partial charge on any atom is -0.352 e. The molecule has 0 atom stereocenters. The maximum atomic E-state index is 12.1. The summed E-state index contributed by atoms with van der Waals surface area (Å²) in [5.74, 6) is -0.430. The molecule has 1 fully saturated rings. The third-order valence-corrected chi connectivity index (χ3v) is 3.94. The molecule has 0 bridgehead atoms. The number of hydrogen-bond donors (Lipinski definition) is 0. The van der Waals surface area contributed by atoms with Crippen LogP contribution in [0.5, 0.6) is 0 Å². The second kappa shape index (κ2) is 7.68. The van der Waals surface area contributed by atoms with Gasteiger partial charge in [-0.05, 0) is 30.7 Å². The quantitative estimate of drug-likeness (QED) is 0.730. The Bertz CT molecular complexity index is 612. The molecule has 0 aliphatic carbocycles. The maximum absolute atomic E-state index is 12.1. The molecule has 2 rings (SSSR count). The van der Waals surface area contributed by atoms with Gasteiger partial charge in [0.25, 0.3) is 0 Å². The van der Waals surface area contributed by atoms with E-state index < -0.39 is 5.81 Å². The first kappa shape index (κ1) is 16.9. The highest BCUT2D eigenvalue weighted by atomic mass is 16.2. The van der Waals surface area contributed by atoms with Crippen molar-refractivity contribution in [2.75, 3.05) is 38.3 Å². The van der Waals surface area contributed by atoms with Gasteiger partial charge in [-0.1, -0.05) is 0 Å². The van der Waals surface area contributed by atoms with E-state index in [4.69, 9.17) is 13.1 Å². The topological polar surface area (TPSA) is 67.7 Å². The molecule has 23 heavy (non-hydrogen) atoms. The Kier molecular flexibility index (Phi) is 5.64. The number of amides is 2. The molecule has 6 nitrogen and oxygen atoms in total. The van der Waals surface area contributed by atoms with E-state index in [1.54, 1.807) is 29.0 Å². The van der Waals surface area contributed by atoms with Crippen molar-refractivity contribution in [2.45, 2.75) is 12.8 Å². The Balaban J connectivity index is 2.20. The van der Waals surface area contributed by atoms with Crippen molar-refractivity contribution in [3.63, 3.8) is 0 Å². The zero-order valence-corrected chi connectivity index (χ0v) is 13.2.